The summed E-state index contributed by atoms with van der Waals surface area (Å²) < 4.78 is 27.5. The number of fused-ring (bicyclic) bond motifs is 1. The first-order valence-corrected chi connectivity index (χ1v) is 9.91. The largest absolute Gasteiger partial charge is 0.322 e. The second-order valence-electron chi connectivity index (χ2n) is 6.16. The van der Waals surface area contributed by atoms with Crippen molar-refractivity contribution in [3.63, 3.8) is 0 Å². The molecule has 1 aliphatic rings. The van der Waals surface area contributed by atoms with E-state index < -0.39 is 10.0 Å². The molecule has 1 amide bonds. The molecule has 9 heteroatoms. The van der Waals surface area contributed by atoms with Crippen molar-refractivity contribution in [2.75, 3.05) is 11.9 Å². The van der Waals surface area contributed by atoms with Crippen LogP contribution in [0.4, 0.5) is 5.69 Å². The molecule has 0 spiro atoms. The number of hydrogen-bond donors (Lipinski definition) is 3. The van der Waals surface area contributed by atoms with Gasteiger partial charge in [-0.25, -0.2) is 8.42 Å². The maximum atomic E-state index is 12.6. The number of amides is 1. The van der Waals surface area contributed by atoms with Gasteiger partial charge in [-0.15, -0.1) is 0 Å². The number of aromatic nitrogens is 2. The van der Waals surface area contributed by atoms with E-state index in [1.165, 1.54) is 12.1 Å². The predicted molar refractivity (Wildman–Crippen MR) is 102 cm³/mol. The zero-order chi connectivity index (χ0) is 18.9. The number of aromatic amines is 1. The number of H-pyrrole nitrogens is 1. The molecule has 2 heterocycles. The molecule has 27 heavy (non-hydrogen) atoms. The van der Waals surface area contributed by atoms with Gasteiger partial charge in [-0.1, -0.05) is 18.2 Å². The third-order valence-electron chi connectivity index (χ3n) is 4.25. The minimum atomic E-state index is -3.74. The van der Waals surface area contributed by atoms with Gasteiger partial charge in [0, 0.05) is 24.0 Å². The number of hydrogen-bond acceptors (Lipinski definition) is 5. The number of rotatable bonds is 4. The van der Waals surface area contributed by atoms with E-state index in [-0.39, 0.29) is 10.8 Å². The fourth-order valence-electron chi connectivity index (χ4n) is 2.93. The second-order valence-corrected chi connectivity index (χ2v) is 7.84. The van der Waals surface area contributed by atoms with E-state index in [1.54, 1.807) is 30.5 Å². The minimum Gasteiger partial charge on any atom is -0.322 e. The summed E-state index contributed by atoms with van der Waals surface area (Å²) in [6.07, 6.45) is 3.09. The molecule has 3 aromatic rings. The van der Waals surface area contributed by atoms with Gasteiger partial charge in [0.25, 0.3) is 15.9 Å². The van der Waals surface area contributed by atoms with Gasteiger partial charge in [0.15, 0.2) is 0 Å². The van der Waals surface area contributed by atoms with Crippen LogP contribution < -0.4 is 10.0 Å². The lowest BCUT2D eigenvalue weighted by Gasteiger charge is -2.10. The number of carbonyl (C=O) groups is 1. The highest BCUT2D eigenvalue weighted by molar-refractivity contribution is 7.90. The van der Waals surface area contributed by atoms with Gasteiger partial charge in [0.1, 0.15) is 5.84 Å². The Balaban J connectivity index is 1.57. The fourth-order valence-corrected chi connectivity index (χ4v) is 4.07. The lowest BCUT2D eigenvalue weighted by atomic mass is 10.1. The first kappa shape index (κ1) is 17.2. The summed E-state index contributed by atoms with van der Waals surface area (Å²) in [6.45, 7) is 0.632. The lowest BCUT2D eigenvalue weighted by molar-refractivity contribution is 0.102. The van der Waals surface area contributed by atoms with E-state index in [0.29, 0.717) is 35.6 Å². The second kappa shape index (κ2) is 6.84. The van der Waals surface area contributed by atoms with E-state index >= 15 is 0 Å². The van der Waals surface area contributed by atoms with Gasteiger partial charge in [-0.2, -0.15) is 5.10 Å². The topological polar surface area (TPSA) is 116 Å². The van der Waals surface area contributed by atoms with Crippen molar-refractivity contribution in [1.29, 1.82) is 0 Å². The summed E-state index contributed by atoms with van der Waals surface area (Å²) in [5.41, 5.74) is 1.43. The quantitative estimate of drug-likeness (QED) is 0.641. The molecule has 1 aromatic heterocycles. The zero-order valence-corrected chi connectivity index (χ0v) is 15.1. The molecule has 0 aliphatic carbocycles. The van der Waals surface area contributed by atoms with Crippen molar-refractivity contribution >= 4 is 38.4 Å². The first-order chi connectivity index (χ1) is 13.0. The van der Waals surface area contributed by atoms with Crippen molar-refractivity contribution in [3.8, 4) is 0 Å². The molecule has 8 nitrogen and oxygen atoms in total. The Morgan fingerprint density at radius 2 is 2.00 bits per heavy atom. The molecule has 0 saturated heterocycles. The Labute approximate surface area is 155 Å². The Morgan fingerprint density at radius 1 is 1.15 bits per heavy atom. The smallest absolute Gasteiger partial charge is 0.262 e. The average Bonchev–Trinajstić information content (AvgIpc) is 3.32. The number of sulfonamides is 1. The predicted octanol–water partition coefficient (Wildman–Crippen LogP) is 2.29. The zero-order valence-electron chi connectivity index (χ0n) is 14.3. The molecular formula is C18H17N5O3S. The van der Waals surface area contributed by atoms with E-state index in [4.69, 9.17) is 0 Å². The van der Waals surface area contributed by atoms with E-state index in [9.17, 15) is 13.2 Å². The molecule has 0 fully saturated rings. The number of para-hydroxylation sites is 1. The van der Waals surface area contributed by atoms with Crippen LogP contribution in [0.25, 0.3) is 10.9 Å². The molecule has 0 saturated carbocycles. The highest BCUT2D eigenvalue weighted by atomic mass is 32.2. The molecule has 2 aromatic carbocycles. The molecule has 0 atom stereocenters. The van der Waals surface area contributed by atoms with Crippen LogP contribution >= 0.6 is 0 Å². The summed E-state index contributed by atoms with van der Waals surface area (Å²) >= 11 is 0. The molecule has 0 unspecified atom stereocenters. The van der Waals surface area contributed by atoms with Crippen LogP contribution in [0, 0.1) is 0 Å². The van der Waals surface area contributed by atoms with E-state index in [0.717, 1.165) is 11.8 Å². The Bertz CT molecular complexity index is 1150. The molecule has 0 bridgehead atoms. The van der Waals surface area contributed by atoms with Crippen molar-refractivity contribution in [2.24, 2.45) is 4.99 Å². The van der Waals surface area contributed by atoms with Gasteiger partial charge in [-0.05, 0) is 30.7 Å². The van der Waals surface area contributed by atoms with E-state index in [2.05, 4.69) is 25.2 Å². The number of benzene rings is 2. The number of aliphatic imine (C=N–C) groups is 1. The molecule has 3 N–H and O–H groups in total. The van der Waals surface area contributed by atoms with Crippen LogP contribution in [-0.2, 0) is 10.0 Å². The first-order valence-electron chi connectivity index (χ1n) is 8.42. The highest BCUT2D eigenvalue weighted by Crippen LogP contribution is 2.20. The Morgan fingerprint density at radius 3 is 2.81 bits per heavy atom. The van der Waals surface area contributed by atoms with Crippen molar-refractivity contribution in [2.45, 2.75) is 17.7 Å². The van der Waals surface area contributed by atoms with Gasteiger partial charge in [0.05, 0.1) is 22.2 Å². The van der Waals surface area contributed by atoms with Crippen LogP contribution in [0.3, 0.4) is 0 Å². The number of nitrogens with one attached hydrogen (secondary N) is 3. The molecule has 138 valence electrons. The molecule has 1 aliphatic heterocycles. The van der Waals surface area contributed by atoms with Crippen molar-refractivity contribution in [3.05, 3.63) is 54.2 Å². The third-order valence-corrected chi connectivity index (χ3v) is 5.63. The number of amidine groups is 1. The van der Waals surface area contributed by atoms with Crippen LogP contribution in [0.15, 0.2) is 58.5 Å². The number of carbonyl (C=O) groups excluding carboxylic acids is 1. The molecule has 4 rings (SSSR count). The van der Waals surface area contributed by atoms with Gasteiger partial charge >= 0.3 is 0 Å². The van der Waals surface area contributed by atoms with Crippen LogP contribution in [0.2, 0.25) is 0 Å². The van der Waals surface area contributed by atoms with Crippen LogP contribution in [0.1, 0.15) is 23.2 Å². The highest BCUT2D eigenvalue weighted by Gasteiger charge is 2.19. The number of nitrogens with zero attached hydrogens (tertiary/aromatic N) is 2. The van der Waals surface area contributed by atoms with E-state index in [1.807, 2.05) is 6.07 Å². The van der Waals surface area contributed by atoms with Gasteiger partial charge in [0.2, 0.25) is 0 Å². The molecule has 0 radical (unpaired) electrons. The van der Waals surface area contributed by atoms with Crippen molar-refractivity contribution < 1.29 is 13.2 Å². The van der Waals surface area contributed by atoms with Crippen LogP contribution in [0.5, 0.6) is 0 Å². The summed E-state index contributed by atoms with van der Waals surface area (Å²) in [7, 11) is -3.74. The summed E-state index contributed by atoms with van der Waals surface area (Å²) in [5, 5.41) is 10.3. The van der Waals surface area contributed by atoms with Gasteiger partial charge < -0.3 is 5.32 Å². The van der Waals surface area contributed by atoms with Crippen LogP contribution in [-0.4, -0.2) is 36.9 Å². The summed E-state index contributed by atoms with van der Waals surface area (Å²) in [4.78, 5) is 16.8. The minimum absolute atomic E-state index is 0.0645. The average molecular weight is 383 g/mol. The molecular weight excluding hydrogens is 366 g/mol. The summed E-state index contributed by atoms with van der Waals surface area (Å²) in [6, 6.07) is 11.4. The van der Waals surface area contributed by atoms with Gasteiger partial charge in [-0.3, -0.25) is 19.6 Å². The normalized spacial score (nSPS) is 14.1. The number of anilines is 1. The summed E-state index contributed by atoms with van der Waals surface area (Å²) in [5.74, 6) is 0.114. The third kappa shape index (κ3) is 3.54. The maximum Gasteiger partial charge on any atom is 0.262 e. The lowest BCUT2D eigenvalue weighted by Crippen LogP contribution is -2.29. The standard InChI is InChI=1S/C18H17N5O3S/c24-18(15-7-1-4-12-11-20-22-17(12)15)21-13-5-2-6-14(10-13)27(25,26)23-16-8-3-9-19-16/h1-2,4-7,10-11H,3,8-9H2,(H,19,23)(H,20,22)(H,21,24). The fraction of sp³-hybridized carbons (Fsp3) is 0.167. The monoisotopic (exact) mass is 383 g/mol. The Kier molecular flexibility index (Phi) is 4.36. The van der Waals surface area contributed by atoms with Crippen molar-refractivity contribution in [1.82, 2.24) is 14.9 Å². The SMILES string of the molecule is O=C(Nc1cccc(S(=O)(=O)NC2=NCCC2)c1)c1cccc2cn[nH]c12. The maximum absolute atomic E-state index is 12.6. The Hall–Kier alpha value is -3.20.